The van der Waals surface area contributed by atoms with Crippen LogP contribution in [0.2, 0.25) is 0 Å². The zero-order valence-electron chi connectivity index (χ0n) is 7.82. The minimum absolute atomic E-state index is 0.0160. The Morgan fingerprint density at radius 2 is 2.23 bits per heavy atom. The molecule has 4 nitrogen and oxygen atoms in total. The van der Waals surface area contributed by atoms with Crippen LogP contribution in [0.15, 0.2) is 0 Å². The number of carbonyl (C=O) groups excluding carboxylic acids is 1. The van der Waals surface area contributed by atoms with Gasteiger partial charge in [-0.1, -0.05) is 0 Å². The molecule has 0 aromatic rings. The molecule has 0 aromatic carbocycles. The average Bonchev–Trinajstić information content (AvgIpc) is 2.62. The highest BCUT2D eigenvalue weighted by Crippen LogP contribution is 2.22. The standard InChI is InChI=1S/C9H16N2O2/c1-5-2-3-8(13-5)9(12)11-7-4-6(7)10/h5-8H,2-4,10H2,1H3,(H,11,12). The second-order valence-electron chi connectivity index (χ2n) is 4.03. The van der Waals surface area contributed by atoms with E-state index in [1.807, 2.05) is 6.92 Å². The first-order valence-corrected chi connectivity index (χ1v) is 4.88. The van der Waals surface area contributed by atoms with Crippen molar-refractivity contribution < 1.29 is 9.53 Å². The van der Waals surface area contributed by atoms with Crippen LogP contribution in [0.25, 0.3) is 0 Å². The number of rotatable bonds is 2. The van der Waals surface area contributed by atoms with Crippen LogP contribution < -0.4 is 11.1 Å². The van der Waals surface area contributed by atoms with Crippen molar-refractivity contribution >= 4 is 5.91 Å². The first-order valence-electron chi connectivity index (χ1n) is 4.88. The monoisotopic (exact) mass is 184 g/mol. The molecule has 4 unspecified atom stereocenters. The zero-order chi connectivity index (χ0) is 9.42. The van der Waals surface area contributed by atoms with Gasteiger partial charge >= 0.3 is 0 Å². The molecule has 1 saturated heterocycles. The van der Waals surface area contributed by atoms with Crippen molar-refractivity contribution in [3.8, 4) is 0 Å². The van der Waals surface area contributed by atoms with Gasteiger partial charge in [0.25, 0.3) is 0 Å². The van der Waals surface area contributed by atoms with E-state index in [1.54, 1.807) is 0 Å². The minimum Gasteiger partial charge on any atom is -0.365 e. The highest BCUT2D eigenvalue weighted by Gasteiger charge is 2.37. The Kier molecular flexibility index (Phi) is 2.26. The van der Waals surface area contributed by atoms with Crippen molar-refractivity contribution in [2.45, 2.75) is 50.5 Å². The summed E-state index contributed by atoms with van der Waals surface area (Å²) in [4.78, 5) is 11.5. The predicted octanol–water partition coefficient (Wildman–Crippen LogP) is -0.230. The average molecular weight is 184 g/mol. The molecular formula is C9H16N2O2. The van der Waals surface area contributed by atoms with Gasteiger partial charge in [0.15, 0.2) is 0 Å². The van der Waals surface area contributed by atoms with Crippen LogP contribution >= 0.6 is 0 Å². The van der Waals surface area contributed by atoms with Gasteiger partial charge in [0.05, 0.1) is 6.10 Å². The van der Waals surface area contributed by atoms with Gasteiger partial charge in [-0.15, -0.1) is 0 Å². The van der Waals surface area contributed by atoms with Gasteiger partial charge in [-0.25, -0.2) is 0 Å². The molecule has 2 fully saturated rings. The van der Waals surface area contributed by atoms with Gasteiger partial charge in [-0.05, 0) is 26.2 Å². The first-order chi connectivity index (χ1) is 6.16. The number of nitrogens with two attached hydrogens (primary N) is 1. The first kappa shape index (κ1) is 8.97. The lowest BCUT2D eigenvalue weighted by atomic mass is 10.2. The van der Waals surface area contributed by atoms with Gasteiger partial charge in [0.1, 0.15) is 6.10 Å². The summed E-state index contributed by atoms with van der Waals surface area (Å²) in [7, 11) is 0. The molecule has 1 amide bonds. The van der Waals surface area contributed by atoms with E-state index in [4.69, 9.17) is 10.5 Å². The summed E-state index contributed by atoms with van der Waals surface area (Å²) in [5.74, 6) is 0.0160. The molecule has 1 saturated carbocycles. The van der Waals surface area contributed by atoms with Crippen molar-refractivity contribution in [1.82, 2.24) is 5.32 Å². The fraction of sp³-hybridized carbons (Fsp3) is 0.889. The van der Waals surface area contributed by atoms with Crippen LogP contribution in [0.5, 0.6) is 0 Å². The van der Waals surface area contributed by atoms with Crippen LogP contribution in [-0.4, -0.2) is 30.2 Å². The molecule has 0 spiro atoms. The van der Waals surface area contributed by atoms with Crippen LogP contribution in [0.3, 0.4) is 0 Å². The van der Waals surface area contributed by atoms with Gasteiger partial charge < -0.3 is 15.8 Å². The van der Waals surface area contributed by atoms with E-state index in [-0.39, 0.29) is 30.2 Å². The van der Waals surface area contributed by atoms with Crippen LogP contribution in [0, 0.1) is 0 Å². The van der Waals surface area contributed by atoms with E-state index in [0.29, 0.717) is 0 Å². The maximum absolute atomic E-state index is 11.5. The number of nitrogens with one attached hydrogen (secondary N) is 1. The number of carbonyl (C=O) groups is 1. The Bertz CT molecular complexity index is 220. The highest BCUT2D eigenvalue weighted by molar-refractivity contribution is 5.81. The van der Waals surface area contributed by atoms with Gasteiger partial charge in [0.2, 0.25) is 5.91 Å². The highest BCUT2D eigenvalue weighted by atomic mass is 16.5. The van der Waals surface area contributed by atoms with Gasteiger partial charge in [-0.3, -0.25) is 4.79 Å². The predicted molar refractivity (Wildman–Crippen MR) is 48.1 cm³/mol. The molecule has 3 N–H and O–H groups in total. The minimum atomic E-state index is -0.234. The molecule has 2 rings (SSSR count). The second-order valence-corrected chi connectivity index (χ2v) is 4.03. The molecule has 0 radical (unpaired) electrons. The topological polar surface area (TPSA) is 64.4 Å². The fourth-order valence-electron chi connectivity index (χ4n) is 1.65. The molecule has 74 valence electrons. The van der Waals surface area contributed by atoms with E-state index in [0.717, 1.165) is 19.3 Å². The maximum Gasteiger partial charge on any atom is 0.249 e. The van der Waals surface area contributed by atoms with Crippen LogP contribution in [0.4, 0.5) is 0 Å². The van der Waals surface area contributed by atoms with Crippen molar-refractivity contribution in [3.63, 3.8) is 0 Å². The number of ether oxygens (including phenoxy) is 1. The van der Waals surface area contributed by atoms with Crippen LogP contribution in [-0.2, 0) is 9.53 Å². The summed E-state index contributed by atoms with van der Waals surface area (Å²) in [6, 6.07) is 0.370. The van der Waals surface area contributed by atoms with Crippen molar-refractivity contribution in [1.29, 1.82) is 0 Å². The summed E-state index contributed by atoms with van der Waals surface area (Å²) in [5.41, 5.74) is 5.59. The lowest BCUT2D eigenvalue weighted by Crippen LogP contribution is -2.38. The largest absolute Gasteiger partial charge is 0.365 e. The molecular weight excluding hydrogens is 168 g/mol. The smallest absolute Gasteiger partial charge is 0.249 e. The zero-order valence-corrected chi connectivity index (χ0v) is 7.82. The van der Waals surface area contributed by atoms with E-state index >= 15 is 0 Å². The Hall–Kier alpha value is -0.610. The van der Waals surface area contributed by atoms with E-state index < -0.39 is 0 Å². The fourth-order valence-corrected chi connectivity index (χ4v) is 1.65. The van der Waals surface area contributed by atoms with Gasteiger partial charge in [-0.2, -0.15) is 0 Å². The Morgan fingerprint density at radius 1 is 1.54 bits per heavy atom. The summed E-state index contributed by atoms with van der Waals surface area (Å²) < 4.78 is 5.43. The third kappa shape index (κ3) is 2.00. The lowest BCUT2D eigenvalue weighted by molar-refractivity contribution is -0.131. The summed E-state index contributed by atoms with van der Waals surface area (Å²) >= 11 is 0. The molecule has 0 aromatic heterocycles. The molecule has 0 bridgehead atoms. The second kappa shape index (κ2) is 3.27. The summed E-state index contributed by atoms with van der Waals surface area (Å²) in [6.45, 7) is 2.00. The van der Waals surface area contributed by atoms with Crippen molar-refractivity contribution in [3.05, 3.63) is 0 Å². The molecule has 1 aliphatic carbocycles. The molecule has 13 heavy (non-hydrogen) atoms. The maximum atomic E-state index is 11.5. The molecule has 1 heterocycles. The van der Waals surface area contributed by atoms with E-state index in [2.05, 4.69) is 5.32 Å². The summed E-state index contributed by atoms with van der Waals surface area (Å²) in [5, 5.41) is 2.88. The van der Waals surface area contributed by atoms with Crippen LogP contribution in [0.1, 0.15) is 26.2 Å². The SMILES string of the molecule is CC1CCC(C(=O)NC2CC2N)O1. The molecule has 1 aliphatic heterocycles. The van der Waals surface area contributed by atoms with E-state index in [1.165, 1.54) is 0 Å². The van der Waals surface area contributed by atoms with Gasteiger partial charge in [0, 0.05) is 12.1 Å². The molecule has 2 aliphatic rings. The Morgan fingerprint density at radius 3 is 2.69 bits per heavy atom. The molecule has 4 heteroatoms. The Labute approximate surface area is 77.8 Å². The van der Waals surface area contributed by atoms with Crippen molar-refractivity contribution in [2.24, 2.45) is 5.73 Å². The number of amides is 1. The quantitative estimate of drug-likeness (QED) is 0.623. The van der Waals surface area contributed by atoms with Crippen molar-refractivity contribution in [2.75, 3.05) is 0 Å². The number of hydrogen-bond donors (Lipinski definition) is 2. The molecule has 4 atom stereocenters. The number of hydrogen-bond acceptors (Lipinski definition) is 3. The lowest BCUT2D eigenvalue weighted by Gasteiger charge is -2.10. The third-order valence-electron chi connectivity index (χ3n) is 2.69. The third-order valence-corrected chi connectivity index (χ3v) is 2.69. The Balaban J connectivity index is 1.77. The normalized spacial score (nSPS) is 43.2. The van der Waals surface area contributed by atoms with E-state index in [9.17, 15) is 4.79 Å². The summed E-state index contributed by atoms with van der Waals surface area (Å²) in [6.07, 6.45) is 2.73.